The van der Waals surface area contributed by atoms with Crippen LogP contribution in [-0.4, -0.2) is 21.3 Å². The summed E-state index contributed by atoms with van der Waals surface area (Å²) in [5, 5.41) is 3.98. The summed E-state index contributed by atoms with van der Waals surface area (Å²) in [7, 11) is 0. The maximum absolute atomic E-state index is 13.5. The molecule has 5 rings (SSSR count). The van der Waals surface area contributed by atoms with E-state index in [-0.39, 0.29) is 12.1 Å². The molecule has 1 aliphatic rings. The van der Waals surface area contributed by atoms with Crippen molar-refractivity contribution in [2.24, 2.45) is 0 Å². The number of pyridine rings is 1. The summed E-state index contributed by atoms with van der Waals surface area (Å²) in [6.45, 7) is 6.32. The van der Waals surface area contributed by atoms with Crippen LogP contribution in [0.25, 0.3) is 5.69 Å². The van der Waals surface area contributed by atoms with Crippen molar-refractivity contribution in [3.05, 3.63) is 107 Å². The van der Waals surface area contributed by atoms with Crippen LogP contribution >= 0.6 is 12.2 Å². The normalized spacial score (nSPS) is 17.5. The van der Waals surface area contributed by atoms with E-state index in [1.54, 1.807) is 12.3 Å². The van der Waals surface area contributed by atoms with Crippen molar-refractivity contribution in [3.63, 3.8) is 0 Å². The second-order valence-corrected chi connectivity index (χ2v) is 9.52. The lowest BCUT2D eigenvalue weighted by molar-refractivity contribution is -0.137. The molecule has 1 fully saturated rings. The summed E-state index contributed by atoms with van der Waals surface area (Å²) in [5.74, 6) is 0.759. The number of anilines is 1. The molecule has 0 spiro atoms. The van der Waals surface area contributed by atoms with Crippen molar-refractivity contribution in [1.29, 1.82) is 0 Å². The Morgan fingerprint density at radius 3 is 2.39 bits per heavy atom. The Kier molecular flexibility index (Phi) is 6.88. The number of halogens is 3. The van der Waals surface area contributed by atoms with Crippen molar-refractivity contribution < 1.29 is 17.9 Å². The molecule has 4 aromatic rings. The van der Waals surface area contributed by atoms with Gasteiger partial charge in [-0.1, -0.05) is 12.1 Å². The first-order valence-corrected chi connectivity index (χ1v) is 12.7. The largest absolute Gasteiger partial charge is 0.494 e. The third-order valence-corrected chi connectivity index (χ3v) is 7.06. The summed E-state index contributed by atoms with van der Waals surface area (Å²) >= 11 is 5.82. The molecule has 2 aromatic carbocycles. The van der Waals surface area contributed by atoms with E-state index in [1.807, 2.05) is 78.8 Å². The fourth-order valence-electron chi connectivity index (χ4n) is 5.12. The quantitative estimate of drug-likeness (QED) is 0.267. The molecule has 0 aliphatic carbocycles. The number of rotatable bonds is 6. The number of hydrogen-bond donors (Lipinski definition) is 1. The van der Waals surface area contributed by atoms with E-state index >= 15 is 0 Å². The zero-order valence-electron chi connectivity index (χ0n) is 21.2. The lowest BCUT2D eigenvalue weighted by atomic mass is 9.96. The highest BCUT2D eigenvalue weighted by Crippen LogP contribution is 2.44. The van der Waals surface area contributed by atoms with Crippen LogP contribution in [0.15, 0.2) is 79.0 Å². The molecule has 3 heterocycles. The zero-order chi connectivity index (χ0) is 27.0. The molecular weight excluding hydrogens is 509 g/mol. The van der Waals surface area contributed by atoms with Crippen LogP contribution in [0, 0.1) is 13.8 Å². The van der Waals surface area contributed by atoms with Crippen LogP contribution in [0.3, 0.4) is 0 Å². The summed E-state index contributed by atoms with van der Waals surface area (Å²) in [6, 6.07) is 20.3. The molecule has 1 saturated heterocycles. The van der Waals surface area contributed by atoms with Gasteiger partial charge in [-0.3, -0.25) is 4.98 Å². The number of thiocarbonyl (C=S) groups is 1. The Labute approximate surface area is 224 Å². The minimum atomic E-state index is -4.43. The van der Waals surface area contributed by atoms with E-state index in [0.717, 1.165) is 40.1 Å². The van der Waals surface area contributed by atoms with Gasteiger partial charge in [-0.25, -0.2) is 0 Å². The molecule has 0 amide bonds. The van der Waals surface area contributed by atoms with E-state index in [4.69, 9.17) is 17.0 Å². The van der Waals surface area contributed by atoms with Crippen LogP contribution in [0.4, 0.5) is 18.9 Å². The monoisotopic (exact) mass is 536 g/mol. The third kappa shape index (κ3) is 4.74. The second-order valence-electron chi connectivity index (χ2n) is 9.13. The van der Waals surface area contributed by atoms with Gasteiger partial charge in [0.05, 0.1) is 29.9 Å². The standard InChI is InChI=1S/C29H27F3N4OS/c1-4-37-23-13-11-21(12-14-23)36-27(26(34-28(36)38)25-10-5-6-15-33-25)24-16-18(2)35(19(24)3)22-9-7-8-20(17-22)29(30,31)32/h5-17,26-27H,4H2,1-3H3,(H,34,38)/t26-,27-/m0/s1. The molecule has 2 aromatic heterocycles. The van der Waals surface area contributed by atoms with Gasteiger partial charge in [0.2, 0.25) is 0 Å². The number of aromatic nitrogens is 2. The first-order chi connectivity index (χ1) is 18.2. The van der Waals surface area contributed by atoms with Crippen molar-refractivity contribution >= 4 is 23.0 Å². The molecule has 0 saturated carbocycles. The molecular formula is C29H27F3N4OS. The Balaban J connectivity index is 1.64. The fraction of sp³-hybridized carbons (Fsp3) is 0.241. The minimum absolute atomic E-state index is 0.272. The average molecular weight is 537 g/mol. The molecule has 1 aliphatic heterocycles. The van der Waals surface area contributed by atoms with Crippen LogP contribution in [0.5, 0.6) is 5.75 Å². The summed E-state index contributed by atoms with van der Waals surface area (Å²) in [5.41, 5.74) is 4.05. The van der Waals surface area contributed by atoms with Gasteiger partial charge < -0.3 is 19.5 Å². The van der Waals surface area contributed by atoms with Crippen LogP contribution < -0.4 is 15.0 Å². The Hall–Kier alpha value is -3.85. The highest BCUT2D eigenvalue weighted by molar-refractivity contribution is 7.80. The van der Waals surface area contributed by atoms with Gasteiger partial charge in [0, 0.05) is 29.0 Å². The smallest absolute Gasteiger partial charge is 0.416 e. The highest BCUT2D eigenvalue weighted by Gasteiger charge is 2.42. The molecule has 0 unspecified atom stereocenters. The Morgan fingerprint density at radius 1 is 0.974 bits per heavy atom. The average Bonchev–Trinajstić information content (AvgIpc) is 3.39. The molecule has 38 heavy (non-hydrogen) atoms. The van der Waals surface area contributed by atoms with Gasteiger partial charge in [-0.05, 0) is 99.2 Å². The Bertz CT molecular complexity index is 1450. The van der Waals surface area contributed by atoms with Crippen LogP contribution in [-0.2, 0) is 6.18 Å². The number of benzene rings is 2. The third-order valence-electron chi connectivity index (χ3n) is 6.74. The van der Waals surface area contributed by atoms with Gasteiger partial charge in [-0.15, -0.1) is 0 Å². The zero-order valence-corrected chi connectivity index (χ0v) is 22.0. The van der Waals surface area contributed by atoms with Gasteiger partial charge >= 0.3 is 6.18 Å². The first-order valence-electron chi connectivity index (χ1n) is 12.3. The van der Waals surface area contributed by atoms with Crippen molar-refractivity contribution in [2.75, 3.05) is 11.5 Å². The molecule has 1 N–H and O–H groups in total. The SMILES string of the molecule is CCOc1ccc(N2C(=S)N[C@@H](c3ccccn3)[C@@H]2c2cc(C)n(-c3cccc(C(F)(F)F)c3)c2C)cc1. The molecule has 196 valence electrons. The van der Waals surface area contributed by atoms with Gasteiger partial charge in [-0.2, -0.15) is 13.2 Å². The van der Waals surface area contributed by atoms with Crippen LogP contribution in [0.2, 0.25) is 0 Å². The van der Waals surface area contributed by atoms with E-state index in [0.29, 0.717) is 17.4 Å². The minimum Gasteiger partial charge on any atom is -0.494 e. The Morgan fingerprint density at radius 2 is 1.74 bits per heavy atom. The maximum atomic E-state index is 13.5. The van der Waals surface area contributed by atoms with Crippen molar-refractivity contribution in [3.8, 4) is 11.4 Å². The number of hydrogen-bond acceptors (Lipinski definition) is 3. The van der Waals surface area contributed by atoms with Gasteiger partial charge in [0.1, 0.15) is 5.75 Å². The summed E-state index contributed by atoms with van der Waals surface area (Å²) in [6.07, 6.45) is -2.69. The van der Waals surface area contributed by atoms with E-state index < -0.39 is 11.7 Å². The van der Waals surface area contributed by atoms with Gasteiger partial charge in [0.25, 0.3) is 0 Å². The molecule has 9 heteroatoms. The number of alkyl halides is 3. The molecule has 0 radical (unpaired) electrons. The van der Waals surface area contributed by atoms with Crippen molar-refractivity contribution in [1.82, 2.24) is 14.9 Å². The van der Waals surface area contributed by atoms with Crippen molar-refractivity contribution in [2.45, 2.75) is 39.0 Å². The van der Waals surface area contributed by atoms with E-state index in [9.17, 15) is 13.2 Å². The second kappa shape index (κ2) is 10.1. The molecule has 0 bridgehead atoms. The number of nitrogens with zero attached hydrogens (tertiary/aromatic N) is 3. The lowest BCUT2D eigenvalue weighted by Crippen LogP contribution is -2.29. The predicted octanol–water partition coefficient (Wildman–Crippen LogP) is 7.08. The number of nitrogens with one attached hydrogen (secondary N) is 1. The first kappa shape index (κ1) is 25.8. The fourth-order valence-corrected chi connectivity index (χ4v) is 5.47. The van der Waals surface area contributed by atoms with E-state index in [2.05, 4.69) is 10.3 Å². The highest BCUT2D eigenvalue weighted by atomic mass is 32.1. The topological polar surface area (TPSA) is 42.3 Å². The van der Waals surface area contributed by atoms with E-state index in [1.165, 1.54) is 12.1 Å². The summed E-state index contributed by atoms with van der Waals surface area (Å²) < 4.78 is 47.9. The lowest BCUT2D eigenvalue weighted by Gasteiger charge is -2.28. The van der Waals surface area contributed by atoms with Gasteiger partial charge in [0.15, 0.2) is 5.11 Å². The number of aryl methyl sites for hydroxylation is 1. The molecule has 5 nitrogen and oxygen atoms in total. The van der Waals surface area contributed by atoms with Crippen LogP contribution in [0.1, 0.15) is 47.2 Å². The predicted molar refractivity (Wildman–Crippen MR) is 146 cm³/mol. The summed E-state index contributed by atoms with van der Waals surface area (Å²) in [4.78, 5) is 6.64. The maximum Gasteiger partial charge on any atom is 0.416 e. The number of ether oxygens (including phenoxy) is 1. The molecule has 2 atom stereocenters.